The van der Waals surface area contributed by atoms with Gasteiger partial charge in [0.25, 0.3) is 0 Å². The molecule has 1 unspecified atom stereocenters. The summed E-state index contributed by atoms with van der Waals surface area (Å²) in [6.07, 6.45) is 0.426. The molecule has 110 valence electrons. The Bertz CT molecular complexity index is 311. The van der Waals surface area contributed by atoms with Crippen LogP contribution in [0.3, 0.4) is 0 Å². The van der Waals surface area contributed by atoms with E-state index in [4.69, 9.17) is 15.6 Å². The Balaban J connectivity index is 3.57. The van der Waals surface area contributed by atoms with Gasteiger partial charge in [-0.05, 0) is 13.3 Å². The van der Waals surface area contributed by atoms with Crippen molar-refractivity contribution in [2.24, 2.45) is 5.73 Å². The third-order valence-electron chi connectivity index (χ3n) is 2.01. The number of hydrogen-bond acceptors (Lipinski definition) is 6. The summed E-state index contributed by atoms with van der Waals surface area (Å²) in [7, 11) is 0. The first-order valence-corrected chi connectivity index (χ1v) is 7.11. The molecule has 8 heteroatoms. The van der Waals surface area contributed by atoms with Crippen molar-refractivity contribution < 1.29 is 24.2 Å². The number of esters is 1. The van der Waals surface area contributed by atoms with Crippen molar-refractivity contribution in [1.82, 2.24) is 5.32 Å². The van der Waals surface area contributed by atoms with Crippen LogP contribution in [0.5, 0.6) is 0 Å². The highest BCUT2D eigenvalue weighted by Gasteiger charge is 2.14. The zero-order valence-corrected chi connectivity index (χ0v) is 11.7. The highest BCUT2D eigenvalue weighted by Crippen LogP contribution is 2.02. The Morgan fingerprint density at radius 3 is 2.68 bits per heavy atom. The molecule has 4 N–H and O–H groups in total. The van der Waals surface area contributed by atoms with E-state index in [1.807, 2.05) is 0 Å². The molecule has 7 nitrogen and oxygen atoms in total. The summed E-state index contributed by atoms with van der Waals surface area (Å²) in [4.78, 5) is 32.7. The molecule has 0 aliphatic carbocycles. The van der Waals surface area contributed by atoms with Gasteiger partial charge in [-0.15, -0.1) is 11.8 Å². The second kappa shape index (κ2) is 10.6. The first-order chi connectivity index (χ1) is 8.97. The van der Waals surface area contributed by atoms with Crippen molar-refractivity contribution in [2.45, 2.75) is 25.8 Å². The molecule has 19 heavy (non-hydrogen) atoms. The molecule has 0 spiro atoms. The number of ether oxygens (including phenoxy) is 1. The van der Waals surface area contributed by atoms with Gasteiger partial charge in [0.1, 0.15) is 6.04 Å². The summed E-state index contributed by atoms with van der Waals surface area (Å²) in [6.45, 7) is 2.30. The highest BCUT2D eigenvalue weighted by molar-refractivity contribution is 8.00. The van der Waals surface area contributed by atoms with Crippen molar-refractivity contribution in [1.29, 1.82) is 0 Å². The number of carboxylic acids is 1. The number of rotatable bonds is 10. The van der Waals surface area contributed by atoms with E-state index in [1.165, 1.54) is 11.8 Å². The number of carboxylic acid groups (broad SMARTS) is 1. The summed E-state index contributed by atoms with van der Waals surface area (Å²) < 4.78 is 4.73. The van der Waals surface area contributed by atoms with Gasteiger partial charge in [-0.3, -0.25) is 14.4 Å². The second-order valence-electron chi connectivity index (χ2n) is 3.72. The minimum Gasteiger partial charge on any atom is -0.481 e. The summed E-state index contributed by atoms with van der Waals surface area (Å²) in [5.74, 6) is -1.07. The Morgan fingerprint density at radius 2 is 2.11 bits per heavy atom. The number of carbonyl (C=O) groups is 3. The number of nitrogens with one attached hydrogen (secondary N) is 1. The average molecular weight is 292 g/mol. The van der Waals surface area contributed by atoms with Gasteiger partial charge in [0, 0.05) is 18.7 Å². The number of amides is 1. The zero-order chi connectivity index (χ0) is 14.7. The van der Waals surface area contributed by atoms with E-state index in [0.29, 0.717) is 18.7 Å². The van der Waals surface area contributed by atoms with E-state index in [1.54, 1.807) is 6.92 Å². The van der Waals surface area contributed by atoms with Gasteiger partial charge in [0.15, 0.2) is 0 Å². The SMILES string of the molecule is CCOC(=O)C(N)CSCC(=O)NCCCC(=O)O. The van der Waals surface area contributed by atoms with Gasteiger partial charge < -0.3 is 20.9 Å². The molecular weight excluding hydrogens is 272 g/mol. The summed E-state index contributed by atoms with van der Waals surface area (Å²) >= 11 is 1.23. The fourth-order valence-corrected chi connectivity index (χ4v) is 1.91. The predicted octanol–water partition coefficient (Wildman–Crippen LogP) is -0.409. The molecule has 1 atom stereocenters. The van der Waals surface area contributed by atoms with Gasteiger partial charge in [0.2, 0.25) is 5.91 Å². The Hall–Kier alpha value is -1.28. The monoisotopic (exact) mass is 292 g/mol. The van der Waals surface area contributed by atoms with Crippen LogP contribution in [0.2, 0.25) is 0 Å². The van der Waals surface area contributed by atoms with Gasteiger partial charge >= 0.3 is 11.9 Å². The number of carbonyl (C=O) groups excluding carboxylic acids is 2. The number of hydrogen-bond donors (Lipinski definition) is 3. The molecule has 0 aromatic carbocycles. The smallest absolute Gasteiger partial charge is 0.323 e. The predicted molar refractivity (Wildman–Crippen MR) is 71.8 cm³/mol. The molecule has 0 rings (SSSR count). The van der Waals surface area contributed by atoms with Crippen molar-refractivity contribution in [3.8, 4) is 0 Å². The lowest BCUT2D eigenvalue weighted by molar-refractivity contribution is -0.144. The van der Waals surface area contributed by atoms with Crippen LogP contribution in [0.15, 0.2) is 0 Å². The van der Waals surface area contributed by atoms with E-state index >= 15 is 0 Å². The van der Waals surface area contributed by atoms with Crippen LogP contribution >= 0.6 is 11.8 Å². The molecule has 0 fully saturated rings. The maximum absolute atomic E-state index is 11.3. The van der Waals surface area contributed by atoms with Crippen molar-refractivity contribution in [3.63, 3.8) is 0 Å². The fourth-order valence-electron chi connectivity index (χ4n) is 1.11. The molecule has 0 aromatic rings. The van der Waals surface area contributed by atoms with E-state index in [9.17, 15) is 14.4 Å². The molecule has 0 saturated heterocycles. The molecule has 0 saturated carbocycles. The van der Waals surface area contributed by atoms with E-state index < -0.39 is 18.0 Å². The van der Waals surface area contributed by atoms with Crippen molar-refractivity contribution in [3.05, 3.63) is 0 Å². The Morgan fingerprint density at radius 1 is 1.42 bits per heavy atom. The van der Waals surface area contributed by atoms with Gasteiger partial charge in [0.05, 0.1) is 12.4 Å². The second-order valence-corrected chi connectivity index (χ2v) is 4.75. The van der Waals surface area contributed by atoms with Gasteiger partial charge in [-0.25, -0.2) is 0 Å². The van der Waals surface area contributed by atoms with Gasteiger partial charge in [-0.1, -0.05) is 0 Å². The van der Waals surface area contributed by atoms with Crippen LogP contribution in [-0.4, -0.2) is 53.7 Å². The van der Waals surface area contributed by atoms with E-state index in [2.05, 4.69) is 5.32 Å². The number of nitrogens with two attached hydrogens (primary N) is 1. The summed E-state index contributed by atoms with van der Waals surface area (Å²) in [5, 5.41) is 11.0. The Labute approximate surface area is 116 Å². The molecule has 1 amide bonds. The molecule has 0 heterocycles. The van der Waals surface area contributed by atoms with Crippen LogP contribution in [-0.2, 0) is 19.1 Å². The molecule has 0 aliphatic heterocycles. The third-order valence-corrected chi connectivity index (χ3v) is 3.07. The van der Waals surface area contributed by atoms with Gasteiger partial charge in [-0.2, -0.15) is 0 Å². The maximum atomic E-state index is 11.3. The average Bonchev–Trinajstić information content (AvgIpc) is 2.34. The molecule has 0 aliphatic rings. The Kier molecular flexibility index (Phi) is 9.91. The van der Waals surface area contributed by atoms with E-state index in [0.717, 1.165) is 0 Å². The summed E-state index contributed by atoms with van der Waals surface area (Å²) in [5.41, 5.74) is 5.55. The zero-order valence-electron chi connectivity index (χ0n) is 10.9. The maximum Gasteiger partial charge on any atom is 0.323 e. The minimum atomic E-state index is -0.885. The fraction of sp³-hybridized carbons (Fsp3) is 0.727. The van der Waals surface area contributed by atoms with Crippen LogP contribution < -0.4 is 11.1 Å². The molecule has 0 aromatic heterocycles. The largest absolute Gasteiger partial charge is 0.481 e. The standard InChI is InChI=1S/C11H20N2O5S/c1-2-18-11(17)8(12)6-19-7-9(14)13-5-3-4-10(15)16/h8H,2-7,12H2,1H3,(H,13,14)(H,15,16). The third kappa shape index (κ3) is 10.3. The molecular formula is C11H20N2O5S. The topological polar surface area (TPSA) is 119 Å². The summed E-state index contributed by atoms with van der Waals surface area (Å²) in [6, 6.07) is -0.732. The van der Waals surface area contributed by atoms with Crippen LogP contribution in [0, 0.1) is 0 Å². The lowest BCUT2D eigenvalue weighted by Crippen LogP contribution is -2.35. The van der Waals surface area contributed by atoms with Crippen molar-refractivity contribution >= 4 is 29.6 Å². The minimum absolute atomic E-state index is 0.0289. The molecule has 0 radical (unpaired) electrons. The van der Waals surface area contributed by atoms with Crippen molar-refractivity contribution in [2.75, 3.05) is 24.7 Å². The number of thioether (sulfide) groups is 1. The van der Waals surface area contributed by atoms with Crippen LogP contribution in [0.25, 0.3) is 0 Å². The first-order valence-electron chi connectivity index (χ1n) is 5.95. The lowest BCUT2D eigenvalue weighted by Gasteiger charge is -2.10. The van der Waals surface area contributed by atoms with E-state index in [-0.39, 0.29) is 24.7 Å². The quantitative estimate of drug-likeness (QED) is 0.370. The lowest BCUT2D eigenvalue weighted by atomic mass is 10.3. The number of aliphatic carboxylic acids is 1. The molecule has 0 bridgehead atoms. The first kappa shape index (κ1) is 17.7. The van der Waals surface area contributed by atoms with Crippen LogP contribution in [0.4, 0.5) is 0 Å². The van der Waals surface area contributed by atoms with Crippen LogP contribution in [0.1, 0.15) is 19.8 Å². The highest BCUT2D eigenvalue weighted by atomic mass is 32.2. The normalized spacial score (nSPS) is 11.7.